The first-order valence-electron chi connectivity index (χ1n) is 9.67. The van der Waals surface area contributed by atoms with Gasteiger partial charge in [-0.15, -0.1) is 0 Å². The van der Waals surface area contributed by atoms with Crippen LogP contribution in [0.25, 0.3) is 0 Å². The van der Waals surface area contributed by atoms with E-state index >= 15 is 0 Å². The Kier molecular flexibility index (Phi) is 7.53. The molecule has 1 atom stereocenters. The Morgan fingerprint density at radius 3 is 2.17 bits per heavy atom. The second-order valence-electron chi connectivity index (χ2n) is 7.62. The quantitative estimate of drug-likeness (QED) is 0.756. The summed E-state index contributed by atoms with van der Waals surface area (Å²) < 4.78 is 0. The highest BCUT2D eigenvalue weighted by Gasteiger charge is 2.28. The molecule has 0 spiro atoms. The number of carbonyl (C=O) groups is 3. The average molecular weight is 396 g/mol. The summed E-state index contributed by atoms with van der Waals surface area (Å²) in [6.45, 7) is 7.44. The third-order valence-corrected chi connectivity index (χ3v) is 4.70. The van der Waals surface area contributed by atoms with Crippen LogP contribution in [0.5, 0.6) is 0 Å². The van der Waals surface area contributed by atoms with E-state index in [1.54, 1.807) is 19.2 Å². The number of hydrogen-bond acceptors (Lipinski definition) is 3. The summed E-state index contributed by atoms with van der Waals surface area (Å²) in [5.74, 6) is -1.02. The molecule has 2 rings (SSSR count). The minimum Gasteiger partial charge on any atom is -0.340 e. The van der Waals surface area contributed by atoms with Gasteiger partial charge in [0.05, 0.1) is 6.54 Å². The van der Waals surface area contributed by atoms with Crippen molar-refractivity contribution in [2.45, 2.75) is 33.7 Å². The SMILES string of the molecule is Cc1ccc(NC(=O)CN(C)C(=O)C(NC(=O)c2ccccc2C)C(C)C)cc1. The number of aryl methyl sites for hydroxylation is 2. The van der Waals surface area contributed by atoms with Gasteiger partial charge in [-0.25, -0.2) is 0 Å². The number of hydrogen-bond donors (Lipinski definition) is 2. The maximum atomic E-state index is 12.9. The average Bonchev–Trinajstić information content (AvgIpc) is 2.67. The summed E-state index contributed by atoms with van der Waals surface area (Å²) >= 11 is 0. The van der Waals surface area contributed by atoms with Gasteiger partial charge in [0.1, 0.15) is 6.04 Å². The molecule has 0 heterocycles. The molecule has 29 heavy (non-hydrogen) atoms. The van der Waals surface area contributed by atoms with E-state index in [2.05, 4.69) is 10.6 Å². The van der Waals surface area contributed by atoms with E-state index in [-0.39, 0.29) is 30.2 Å². The van der Waals surface area contributed by atoms with Crippen LogP contribution >= 0.6 is 0 Å². The number of rotatable bonds is 7. The zero-order valence-corrected chi connectivity index (χ0v) is 17.7. The van der Waals surface area contributed by atoms with E-state index in [4.69, 9.17) is 0 Å². The van der Waals surface area contributed by atoms with Crippen molar-refractivity contribution in [2.75, 3.05) is 18.9 Å². The van der Waals surface area contributed by atoms with Crippen LogP contribution in [0.3, 0.4) is 0 Å². The number of benzene rings is 2. The van der Waals surface area contributed by atoms with Crippen molar-refractivity contribution in [3.05, 3.63) is 65.2 Å². The molecule has 0 fully saturated rings. The number of carbonyl (C=O) groups excluding carboxylic acids is 3. The van der Waals surface area contributed by atoms with Crippen molar-refractivity contribution < 1.29 is 14.4 Å². The monoisotopic (exact) mass is 395 g/mol. The lowest BCUT2D eigenvalue weighted by molar-refractivity contribution is -0.135. The Bertz CT molecular complexity index is 875. The van der Waals surface area contributed by atoms with Gasteiger partial charge in [0.15, 0.2) is 0 Å². The predicted octanol–water partition coefficient (Wildman–Crippen LogP) is 3.15. The van der Waals surface area contributed by atoms with Crippen molar-refractivity contribution in [3.63, 3.8) is 0 Å². The van der Waals surface area contributed by atoms with Crippen LogP contribution in [-0.2, 0) is 9.59 Å². The summed E-state index contributed by atoms with van der Waals surface area (Å²) in [7, 11) is 1.56. The van der Waals surface area contributed by atoms with Gasteiger partial charge < -0.3 is 15.5 Å². The molecule has 154 valence electrons. The molecule has 2 aromatic rings. The zero-order valence-electron chi connectivity index (χ0n) is 17.7. The van der Waals surface area contributed by atoms with Gasteiger partial charge >= 0.3 is 0 Å². The Labute approximate surface area is 172 Å². The summed E-state index contributed by atoms with van der Waals surface area (Å²) in [5, 5.41) is 5.60. The van der Waals surface area contributed by atoms with E-state index in [1.807, 2.05) is 64.1 Å². The number of nitrogens with one attached hydrogen (secondary N) is 2. The lowest BCUT2D eigenvalue weighted by Gasteiger charge is -2.27. The van der Waals surface area contributed by atoms with Crippen molar-refractivity contribution in [3.8, 4) is 0 Å². The van der Waals surface area contributed by atoms with Crippen molar-refractivity contribution in [2.24, 2.45) is 5.92 Å². The Morgan fingerprint density at radius 1 is 0.966 bits per heavy atom. The number of likely N-dealkylation sites (N-methyl/N-ethyl adjacent to an activating group) is 1. The first kappa shape index (κ1) is 22.1. The standard InChI is InChI=1S/C23H29N3O3/c1-15(2)21(25-22(28)19-9-7-6-8-17(19)4)23(29)26(5)14-20(27)24-18-12-10-16(3)11-13-18/h6-13,15,21H,14H2,1-5H3,(H,24,27)(H,25,28). The molecule has 1 unspecified atom stereocenters. The zero-order chi connectivity index (χ0) is 21.6. The molecule has 3 amide bonds. The summed E-state index contributed by atoms with van der Waals surface area (Å²) in [4.78, 5) is 39.2. The molecule has 0 radical (unpaired) electrons. The Hall–Kier alpha value is -3.15. The van der Waals surface area contributed by atoms with Crippen LogP contribution in [-0.4, -0.2) is 42.3 Å². The first-order valence-corrected chi connectivity index (χ1v) is 9.67. The molecule has 0 saturated carbocycles. The van der Waals surface area contributed by atoms with E-state index in [9.17, 15) is 14.4 Å². The normalized spacial score (nSPS) is 11.7. The number of nitrogens with zero attached hydrogens (tertiary/aromatic N) is 1. The smallest absolute Gasteiger partial charge is 0.252 e. The van der Waals surface area contributed by atoms with E-state index in [1.165, 1.54) is 4.90 Å². The van der Waals surface area contributed by atoms with Gasteiger partial charge in [-0.2, -0.15) is 0 Å². The molecule has 6 heteroatoms. The first-order chi connectivity index (χ1) is 13.7. The van der Waals surface area contributed by atoms with Crippen molar-refractivity contribution >= 4 is 23.4 Å². The fraction of sp³-hybridized carbons (Fsp3) is 0.348. The highest BCUT2D eigenvalue weighted by atomic mass is 16.2. The fourth-order valence-electron chi connectivity index (χ4n) is 2.93. The second kappa shape index (κ2) is 9.87. The van der Waals surface area contributed by atoms with Gasteiger partial charge in [-0.1, -0.05) is 49.7 Å². The van der Waals surface area contributed by atoms with Gasteiger partial charge in [0.2, 0.25) is 11.8 Å². The van der Waals surface area contributed by atoms with Crippen LogP contribution in [0.1, 0.15) is 35.3 Å². The molecule has 0 aliphatic heterocycles. The van der Waals surface area contributed by atoms with Crippen molar-refractivity contribution in [1.82, 2.24) is 10.2 Å². The Balaban J connectivity index is 2.01. The van der Waals surface area contributed by atoms with Gasteiger partial charge in [0, 0.05) is 18.3 Å². The van der Waals surface area contributed by atoms with Gasteiger partial charge in [-0.3, -0.25) is 14.4 Å². The Morgan fingerprint density at radius 2 is 1.59 bits per heavy atom. The lowest BCUT2D eigenvalue weighted by Crippen LogP contribution is -2.51. The molecule has 2 N–H and O–H groups in total. The van der Waals surface area contributed by atoms with Gasteiger partial charge in [0.25, 0.3) is 5.91 Å². The predicted molar refractivity (Wildman–Crippen MR) is 115 cm³/mol. The minimum absolute atomic E-state index is 0.101. The highest BCUT2D eigenvalue weighted by molar-refractivity contribution is 6.00. The highest BCUT2D eigenvalue weighted by Crippen LogP contribution is 2.12. The molecule has 0 aliphatic rings. The molecular weight excluding hydrogens is 366 g/mol. The number of anilines is 1. The molecular formula is C23H29N3O3. The van der Waals surface area contributed by atoms with Crippen LogP contribution in [0.4, 0.5) is 5.69 Å². The van der Waals surface area contributed by atoms with Gasteiger partial charge in [-0.05, 0) is 43.5 Å². The maximum absolute atomic E-state index is 12.9. The molecule has 0 saturated heterocycles. The molecule has 0 aromatic heterocycles. The van der Waals surface area contributed by atoms with E-state index in [0.717, 1.165) is 11.1 Å². The summed E-state index contributed by atoms with van der Waals surface area (Å²) in [6, 6.07) is 13.9. The summed E-state index contributed by atoms with van der Waals surface area (Å²) in [6.07, 6.45) is 0. The van der Waals surface area contributed by atoms with E-state index in [0.29, 0.717) is 11.3 Å². The number of amides is 3. The third-order valence-electron chi connectivity index (χ3n) is 4.70. The van der Waals surface area contributed by atoms with Crippen LogP contribution in [0.15, 0.2) is 48.5 Å². The molecule has 2 aromatic carbocycles. The minimum atomic E-state index is -0.723. The molecule has 0 bridgehead atoms. The third kappa shape index (κ3) is 6.17. The topological polar surface area (TPSA) is 78.5 Å². The van der Waals surface area contributed by atoms with Crippen LogP contribution in [0.2, 0.25) is 0 Å². The second-order valence-corrected chi connectivity index (χ2v) is 7.62. The fourth-order valence-corrected chi connectivity index (χ4v) is 2.93. The van der Waals surface area contributed by atoms with E-state index < -0.39 is 6.04 Å². The van der Waals surface area contributed by atoms with Crippen molar-refractivity contribution in [1.29, 1.82) is 0 Å². The summed E-state index contributed by atoms with van der Waals surface area (Å²) in [5.41, 5.74) is 3.14. The molecule has 0 aliphatic carbocycles. The van der Waals surface area contributed by atoms with Crippen LogP contribution in [0, 0.1) is 19.8 Å². The maximum Gasteiger partial charge on any atom is 0.252 e. The largest absolute Gasteiger partial charge is 0.340 e. The van der Waals surface area contributed by atoms with Crippen LogP contribution < -0.4 is 10.6 Å². The molecule has 6 nitrogen and oxygen atoms in total. The lowest BCUT2D eigenvalue weighted by atomic mass is 10.0.